The van der Waals surface area contributed by atoms with Gasteiger partial charge in [0.1, 0.15) is 0 Å². The van der Waals surface area contributed by atoms with Gasteiger partial charge in [0.05, 0.1) is 0 Å². The van der Waals surface area contributed by atoms with E-state index < -0.39 is 0 Å². The molecule has 2 fully saturated rings. The number of hydrogen-bond donors (Lipinski definition) is 1. The van der Waals surface area contributed by atoms with Crippen molar-refractivity contribution in [3.63, 3.8) is 0 Å². The van der Waals surface area contributed by atoms with E-state index in [4.69, 9.17) is 0 Å². The van der Waals surface area contributed by atoms with E-state index in [0.29, 0.717) is 18.9 Å². The zero-order chi connectivity index (χ0) is 14.1. The molecule has 1 aromatic rings. The second kappa shape index (κ2) is 5.27. The summed E-state index contributed by atoms with van der Waals surface area (Å²) in [6.45, 7) is 3.48. The van der Waals surface area contributed by atoms with Crippen molar-refractivity contribution in [3.05, 3.63) is 29.8 Å². The minimum absolute atomic E-state index is 0.163. The van der Waals surface area contributed by atoms with Crippen LogP contribution in [0, 0.1) is 11.8 Å². The molecule has 0 bridgehead atoms. The average molecular weight is 272 g/mol. The summed E-state index contributed by atoms with van der Waals surface area (Å²) < 4.78 is 0. The molecule has 1 aliphatic heterocycles. The Labute approximate surface area is 119 Å². The summed E-state index contributed by atoms with van der Waals surface area (Å²) in [6, 6.07) is 7.89. The van der Waals surface area contributed by atoms with Crippen LogP contribution < -0.4 is 10.2 Å². The number of carbonyl (C=O) groups is 2. The molecule has 2 amide bonds. The minimum Gasteiger partial charge on any atom is -0.352 e. The van der Waals surface area contributed by atoms with Gasteiger partial charge in [0.15, 0.2) is 0 Å². The van der Waals surface area contributed by atoms with E-state index in [0.717, 1.165) is 30.6 Å². The largest absolute Gasteiger partial charge is 0.352 e. The highest BCUT2D eigenvalue weighted by Gasteiger charge is 2.38. The third kappa shape index (κ3) is 2.69. The van der Waals surface area contributed by atoms with Crippen LogP contribution in [0.1, 0.15) is 31.7 Å². The van der Waals surface area contributed by atoms with Crippen molar-refractivity contribution in [1.29, 1.82) is 0 Å². The Morgan fingerprint density at radius 1 is 1.35 bits per heavy atom. The SMILES string of the molecule is C[C@H]1C[C@H]1C(=O)NCc1ccc(N2CCCC2=O)cc1. The zero-order valence-electron chi connectivity index (χ0n) is 11.8. The van der Waals surface area contributed by atoms with E-state index in [1.165, 1.54) is 0 Å². The van der Waals surface area contributed by atoms with Gasteiger partial charge in [0.25, 0.3) is 0 Å². The molecule has 3 rings (SSSR count). The van der Waals surface area contributed by atoms with E-state index in [1.54, 1.807) is 0 Å². The first-order valence-corrected chi connectivity index (χ1v) is 7.32. The first-order chi connectivity index (χ1) is 9.65. The normalized spacial score (nSPS) is 24.9. The van der Waals surface area contributed by atoms with Gasteiger partial charge in [-0.15, -0.1) is 0 Å². The van der Waals surface area contributed by atoms with E-state index in [1.807, 2.05) is 29.2 Å². The molecule has 4 heteroatoms. The molecule has 1 aliphatic carbocycles. The number of benzene rings is 1. The lowest BCUT2D eigenvalue weighted by Crippen LogP contribution is -2.25. The Bertz CT molecular complexity index is 524. The summed E-state index contributed by atoms with van der Waals surface area (Å²) in [6.07, 6.45) is 2.61. The maximum atomic E-state index is 11.7. The first kappa shape index (κ1) is 13.2. The smallest absolute Gasteiger partial charge is 0.227 e. The van der Waals surface area contributed by atoms with Gasteiger partial charge < -0.3 is 10.2 Å². The fourth-order valence-electron chi connectivity index (χ4n) is 2.72. The van der Waals surface area contributed by atoms with Crippen LogP contribution in [0.2, 0.25) is 0 Å². The maximum Gasteiger partial charge on any atom is 0.227 e. The van der Waals surface area contributed by atoms with Gasteiger partial charge in [0, 0.05) is 31.1 Å². The Hall–Kier alpha value is -1.84. The van der Waals surface area contributed by atoms with E-state index in [9.17, 15) is 9.59 Å². The Balaban J connectivity index is 1.56. The number of carbonyl (C=O) groups excluding carboxylic acids is 2. The Kier molecular flexibility index (Phi) is 3.47. The molecule has 0 radical (unpaired) electrons. The molecule has 2 atom stereocenters. The third-order valence-electron chi connectivity index (χ3n) is 4.23. The molecule has 0 spiro atoms. The van der Waals surface area contributed by atoms with Crippen molar-refractivity contribution in [1.82, 2.24) is 5.32 Å². The lowest BCUT2D eigenvalue weighted by molar-refractivity contribution is -0.122. The van der Waals surface area contributed by atoms with Gasteiger partial charge >= 0.3 is 0 Å². The Morgan fingerprint density at radius 2 is 2.05 bits per heavy atom. The van der Waals surface area contributed by atoms with E-state index in [-0.39, 0.29) is 17.7 Å². The molecule has 1 N–H and O–H groups in total. The van der Waals surface area contributed by atoms with Crippen LogP contribution in [0.4, 0.5) is 5.69 Å². The van der Waals surface area contributed by atoms with Crippen LogP contribution in [0.3, 0.4) is 0 Å². The van der Waals surface area contributed by atoms with Crippen LogP contribution >= 0.6 is 0 Å². The predicted octanol–water partition coefficient (Wildman–Crippen LogP) is 2.09. The summed E-state index contributed by atoms with van der Waals surface area (Å²) >= 11 is 0. The highest BCUT2D eigenvalue weighted by molar-refractivity contribution is 5.95. The minimum atomic E-state index is 0.163. The second-order valence-corrected chi connectivity index (χ2v) is 5.85. The molecule has 4 nitrogen and oxygen atoms in total. The van der Waals surface area contributed by atoms with Crippen molar-refractivity contribution in [3.8, 4) is 0 Å². The van der Waals surface area contributed by atoms with Crippen LogP contribution in [0.5, 0.6) is 0 Å². The number of anilines is 1. The van der Waals surface area contributed by atoms with E-state index >= 15 is 0 Å². The quantitative estimate of drug-likeness (QED) is 0.912. The second-order valence-electron chi connectivity index (χ2n) is 5.85. The highest BCUT2D eigenvalue weighted by atomic mass is 16.2. The lowest BCUT2D eigenvalue weighted by Gasteiger charge is -2.16. The molecule has 0 unspecified atom stereocenters. The number of hydrogen-bond acceptors (Lipinski definition) is 2. The standard InChI is InChI=1S/C16H20N2O2/c1-11-9-14(11)16(20)17-10-12-4-6-13(7-5-12)18-8-2-3-15(18)19/h4-7,11,14H,2-3,8-10H2,1H3,(H,17,20)/t11-,14+/m0/s1. The molecule has 1 aromatic carbocycles. The van der Waals surface area contributed by atoms with Gasteiger partial charge in [0.2, 0.25) is 11.8 Å². The van der Waals surface area contributed by atoms with Gasteiger partial charge in [-0.3, -0.25) is 9.59 Å². The number of rotatable bonds is 4. The summed E-state index contributed by atoms with van der Waals surface area (Å²) in [5, 5.41) is 2.97. The van der Waals surface area contributed by atoms with Gasteiger partial charge in [-0.2, -0.15) is 0 Å². The van der Waals surface area contributed by atoms with Gasteiger partial charge in [-0.25, -0.2) is 0 Å². The van der Waals surface area contributed by atoms with Crippen molar-refractivity contribution in [2.24, 2.45) is 11.8 Å². The number of nitrogens with one attached hydrogen (secondary N) is 1. The van der Waals surface area contributed by atoms with Crippen LogP contribution in [-0.4, -0.2) is 18.4 Å². The fraction of sp³-hybridized carbons (Fsp3) is 0.500. The number of amides is 2. The summed E-state index contributed by atoms with van der Waals surface area (Å²) in [5.41, 5.74) is 2.03. The highest BCUT2D eigenvalue weighted by Crippen LogP contribution is 2.37. The van der Waals surface area contributed by atoms with Crippen molar-refractivity contribution in [2.75, 3.05) is 11.4 Å². The average Bonchev–Trinajstić information content (AvgIpc) is 3.03. The van der Waals surface area contributed by atoms with Crippen molar-refractivity contribution in [2.45, 2.75) is 32.7 Å². The van der Waals surface area contributed by atoms with Crippen molar-refractivity contribution < 1.29 is 9.59 Å². The van der Waals surface area contributed by atoms with Gasteiger partial charge in [-0.1, -0.05) is 19.1 Å². The van der Waals surface area contributed by atoms with Gasteiger partial charge in [-0.05, 0) is 36.5 Å². The van der Waals surface area contributed by atoms with E-state index in [2.05, 4.69) is 12.2 Å². The van der Waals surface area contributed by atoms with Crippen LogP contribution in [-0.2, 0) is 16.1 Å². The Morgan fingerprint density at radius 3 is 2.60 bits per heavy atom. The summed E-state index contributed by atoms with van der Waals surface area (Å²) in [4.78, 5) is 25.2. The van der Waals surface area contributed by atoms with Crippen molar-refractivity contribution >= 4 is 17.5 Å². The fourth-order valence-corrected chi connectivity index (χ4v) is 2.72. The predicted molar refractivity (Wildman–Crippen MR) is 77.1 cm³/mol. The molecule has 0 aromatic heterocycles. The van der Waals surface area contributed by atoms with Crippen LogP contribution in [0.25, 0.3) is 0 Å². The molecule has 2 aliphatic rings. The third-order valence-corrected chi connectivity index (χ3v) is 4.23. The molecule has 106 valence electrons. The topological polar surface area (TPSA) is 49.4 Å². The monoisotopic (exact) mass is 272 g/mol. The maximum absolute atomic E-state index is 11.7. The first-order valence-electron chi connectivity index (χ1n) is 7.32. The zero-order valence-corrected chi connectivity index (χ0v) is 11.8. The molecule has 20 heavy (non-hydrogen) atoms. The molecular formula is C16H20N2O2. The molecule has 1 saturated heterocycles. The number of nitrogens with zero attached hydrogens (tertiary/aromatic N) is 1. The summed E-state index contributed by atoms with van der Waals surface area (Å²) in [5.74, 6) is 1.13. The molecule has 1 saturated carbocycles. The molecular weight excluding hydrogens is 252 g/mol. The summed E-state index contributed by atoms with van der Waals surface area (Å²) in [7, 11) is 0. The lowest BCUT2D eigenvalue weighted by atomic mass is 10.2. The molecule has 1 heterocycles. The van der Waals surface area contributed by atoms with Crippen LogP contribution in [0.15, 0.2) is 24.3 Å².